The summed E-state index contributed by atoms with van der Waals surface area (Å²) in [7, 11) is 0. The molecule has 0 atom stereocenters. The number of ether oxygens (including phenoxy) is 1. The Labute approximate surface area is 149 Å². The molecule has 134 valence electrons. The Morgan fingerprint density at radius 2 is 2.15 bits per heavy atom. The van der Waals surface area contributed by atoms with Gasteiger partial charge in [-0.25, -0.2) is 4.98 Å². The lowest BCUT2D eigenvalue weighted by Gasteiger charge is -2.12. The first-order valence-electron chi connectivity index (χ1n) is 8.70. The van der Waals surface area contributed by atoms with Gasteiger partial charge in [0.15, 0.2) is 12.4 Å². The molecule has 26 heavy (non-hydrogen) atoms. The van der Waals surface area contributed by atoms with Crippen LogP contribution in [0.5, 0.6) is 0 Å². The predicted octanol–water partition coefficient (Wildman–Crippen LogP) is 2.70. The topological polar surface area (TPSA) is 87.2 Å². The van der Waals surface area contributed by atoms with Gasteiger partial charge in [0.05, 0.1) is 23.0 Å². The Morgan fingerprint density at radius 1 is 1.35 bits per heavy atom. The normalized spacial score (nSPS) is 13.9. The van der Waals surface area contributed by atoms with Crippen LogP contribution < -0.4 is 5.56 Å². The maximum atomic E-state index is 12.8. The number of aryl methyl sites for hydroxylation is 2. The summed E-state index contributed by atoms with van der Waals surface area (Å²) in [4.78, 5) is 29.4. The Bertz CT molecular complexity index is 1020. The molecule has 7 heteroatoms. The molecule has 4 rings (SSSR count). The van der Waals surface area contributed by atoms with Gasteiger partial charge in [0.1, 0.15) is 5.82 Å². The number of esters is 1. The number of aromatic nitrogens is 3. The zero-order valence-electron chi connectivity index (χ0n) is 14.5. The first kappa shape index (κ1) is 16.5. The van der Waals surface area contributed by atoms with Crippen molar-refractivity contribution in [1.82, 2.24) is 14.7 Å². The van der Waals surface area contributed by atoms with E-state index in [1.165, 1.54) is 0 Å². The number of para-hydroxylation sites is 1. The van der Waals surface area contributed by atoms with E-state index in [1.54, 1.807) is 23.6 Å². The molecule has 1 aliphatic rings. The molecule has 1 saturated carbocycles. The van der Waals surface area contributed by atoms with Gasteiger partial charge in [0.2, 0.25) is 0 Å². The Kier molecular flexibility index (Phi) is 4.28. The fourth-order valence-electron chi connectivity index (χ4n) is 3.00. The van der Waals surface area contributed by atoms with E-state index in [-0.39, 0.29) is 30.6 Å². The van der Waals surface area contributed by atoms with Crippen LogP contribution in [0.25, 0.3) is 10.9 Å². The van der Waals surface area contributed by atoms with Crippen molar-refractivity contribution in [3.05, 3.63) is 58.0 Å². The van der Waals surface area contributed by atoms with E-state index in [1.807, 2.05) is 18.2 Å². The highest BCUT2D eigenvalue weighted by Gasteiger charge is 2.28. The molecule has 2 aromatic heterocycles. The second-order valence-electron chi connectivity index (χ2n) is 6.55. The number of fused-ring (bicyclic) bond motifs is 1. The maximum absolute atomic E-state index is 12.8. The van der Waals surface area contributed by atoms with Gasteiger partial charge in [0.25, 0.3) is 5.56 Å². The molecular formula is C19H19N3O4. The molecule has 0 unspecified atom stereocenters. The highest BCUT2D eigenvalue weighted by molar-refractivity contribution is 5.77. The van der Waals surface area contributed by atoms with Crippen molar-refractivity contribution < 1.29 is 14.1 Å². The number of carbonyl (C=O) groups is 1. The molecule has 1 aromatic carbocycles. The largest absolute Gasteiger partial charge is 0.457 e. The van der Waals surface area contributed by atoms with Crippen molar-refractivity contribution >= 4 is 16.9 Å². The van der Waals surface area contributed by atoms with Gasteiger partial charge in [-0.1, -0.05) is 17.3 Å². The van der Waals surface area contributed by atoms with Crippen molar-refractivity contribution in [3.8, 4) is 0 Å². The predicted molar refractivity (Wildman–Crippen MR) is 93.6 cm³/mol. The second-order valence-corrected chi connectivity index (χ2v) is 6.55. The molecule has 7 nitrogen and oxygen atoms in total. The zero-order valence-corrected chi connectivity index (χ0v) is 14.5. The SMILES string of the molecule is Cc1cc(COC(=O)CCc2nc3ccccc3c(=O)n2C2CC2)on1. The Balaban J connectivity index is 1.49. The maximum Gasteiger partial charge on any atom is 0.306 e. The molecule has 0 radical (unpaired) electrons. The average molecular weight is 353 g/mol. The standard InChI is InChI=1S/C19H19N3O4/c1-12-10-14(26-21-12)11-25-18(23)9-8-17-20-16-5-3-2-4-15(16)19(24)22(17)13-6-7-13/h2-5,10,13H,6-9,11H2,1H3. The molecule has 1 fully saturated rings. The minimum absolute atomic E-state index is 0.0291. The first-order chi connectivity index (χ1) is 12.6. The van der Waals surface area contributed by atoms with E-state index in [2.05, 4.69) is 10.1 Å². The van der Waals surface area contributed by atoms with Crippen molar-refractivity contribution in [1.29, 1.82) is 0 Å². The third kappa shape index (κ3) is 3.37. The third-order valence-corrected chi connectivity index (χ3v) is 4.40. The number of rotatable bonds is 6. The van der Waals surface area contributed by atoms with E-state index in [9.17, 15) is 9.59 Å². The van der Waals surface area contributed by atoms with Crippen LogP contribution in [0.3, 0.4) is 0 Å². The van der Waals surface area contributed by atoms with E-state index in [4.69, 9.17) is 9.26 Å². The molecular weight excluding hydrogens is 334 g/mol. The van der Waals surface area contributed by atoms with Crippen molar-refractivity contribution in [2.24, 2.45) is 0 Å². The van der Waals surface area contributed by atoms with Crippen LogP contribution >= 0.6 is 0 Å². The Morgan fingerprint density at radius 3 is 2.88 bits per heavy atom. The minimum Gasteiger partial charge on any atom is -0.457 e. The number of nitrogens with zero attached hydrogens (tertiary/aromatic N) is 3. The quantitative estimate of drug-likeness (QED) is 0.633. The number of carbonyl (C=O) groups excluding carboxylic acids is 1. The lowest BCUT2D eigenvalue weighted by Crippen LogP contribution is -2.25. The summed E-state index contributed by atoms with van der Waals surface area (Å²) in [6, 6.07) is 9.23. The first-order valence-corrected chi connectivity index (χ1v) is 8.70. The highest BCUT2D eigenvalue weighted by atomic mass is 16.5. The third-order valence-electron chi connectivity index (χ3n) is 4.40. The van der Waals surface area contributed by atoms with Crippen LogP contribution in [0.4, 0.5) is 0 Å². The van der Waals surface area contributed by atoms with E-state index >= 15 is 0 Å². The summed E-state index contributed by atoms with van der Waals surface area (Å²) < 4.78 is 12.0. The van der Waals surface area contributed by atoms with Crippen LogP contribution in [-0.4, -0.2) is 20.7 Å². The molecule has 0 amide bonds. The summed E-state index contributed by atoms with van der Waals surface area (Å²) >= 11 is 0. The number of hydrogen-bond acceptors (Lipinski definition) is 6. The minimum atomic E-state index is -0.358. The van der Waals surface area contributed by atoms with Crippen molar-refractivity contribution in [2.75, 3.05) is 0 Å². The molecule has 2 heterocycles. The number of hydrogen-bond donors (Lipinski definition) is 0. The number of benzene rings is 1. The molecule has 1 aliphatic carbocycles. The van der Waals surface area contributed by atoms with Crippen LogP contribution in [0.2, 0.25) is 0 Å². The van der Waals surface area contributed by atoms with Gasteiger partial charge in [-0.15, -0.1) is 0 Å². The summed E-state index contributed by atoms with van der Waals surface area (Å²) in [5.74, 6) is 0.794. The van der Waals surface area contributed by atoms with Crippen LogP contribution in [0.1, 0.15) is 42.6 Å². The lowest BCUT2D eigenvalue weighted by molar-refractivity contribution is -0.145. The molecule has 0 spiro atoms. The van der Waals surface area contributed by atoms with E-state index in [0.717, 1.165) is 18.5 Å². The van der Waals surface area contributed by atoms with Gasteiger partial charge in [-0.2, -0.15) is 0 Å². The fraction of sp³-hybridized carbons (Fsp3) is 0.368. The van der Waals surface area contributed by atoms with Crippen LogP contribution in [-0.2, 0) is 22.6 Å². The van der Waals surface area contributed by atoms with Gasteiger partial charge < -0.3 is 9.26 Å². The average Bonchev–Trinajstić information content (AvgIpc) is 3.39. The molecule has 0 aliphatic heterocycles. The van der Waals surface area contributed by atoms with Crippen LogP contribution in [0.15, 0.2) is 39.6 Å². The zero-order chi connectivity index (χ0) is 18.1. The van der Waals surface area contributed by atoms with E-state index in [0.29, 0.717) is 28.9 Å². The molecule has 3 aromatic rings. The monoisotopic (exact) mass is 353 g/mol. The van der Waals surface area contributed by atoms with Crippen LogP contribution in [0, 0.1) is 6.92 Å². The summed E-state index contributed by atoms with van der Waals surface area (Å²) in [6.45, 7) is 1.86. The summed E-state index contributed by atoms with van der Waals surface area (Å²) in [5.41, 5.74) is 1.37. The molecule has 0 N–H and O–H groups in total. The fourth-order valence-corrected chi connectivity index (χ4v) is 3.00. The summed E-state index contributed by atoms with van der Waals surface area (Å²) in [5, 5.41) is 4.37. The van der Waals surface area contributed by atoms with Crippen molar-refractivity contribution in [3.63, 3.8) is 0 Å². The molecule has 0 bridgehead atoms. The van der Waals surface area contributed by atoms with Gasteiger partial charge >= 0.3 is 5.97 Å². The van der Waals surface area contributed by atoms with Gasteiger partial charge in [-0.3, -0.25) is 14.2 Å². The lowest BCUT2D eigenvalue weighted by atomic mass is 10.2. The summed E-state index contributed by atoms with van der Waals surface area (Å²) in [6.07, 6.45) is 2.47. The van der Waals surface area contributed by atoms with Crippen molar-refractivity contribution in [2.45, 2.75) is 45.3 Å². The van der Waals surface area contributed by atoms with E-state index < -0.39 is 0 Å². The smallest absolute Gasteiger partial charge is 0.306 e. The second kappa shape index (κ2) is 6.74. The Hall–Kier alpha value is -2.96. The highest BCUT2D eigenvalue weighted by Crippen LogP contribution is 2.34. The van der Waals surface area contributed by atoms with Gasteiger partial charge in [0, 0.05) is 18.5 Å². The van der Waals surface area contributed by atoms with Gasteiger partial charge in [-0.05, 0) is 31.9 Å². The molecule has 0 saturated heterocycles.